The molecule has 0 amide bonds. The summed E-state index contributed by atoms with van der Waals surface area (Å²) in [5.74, 6) is 0.297. The van der Waals surface area contributed by atoms with Crippen LogP contribution in [-0.2, 0) is 74.1 Å². The number of benzene rings is 8. The van der Waals surface area contributed by atoms with Crippen molar-refractivity contribution >= 4 is 90.4 Å². The number of fused-ring (bicyclic) bond motifs is 8. The molecule has 0 aliphatic carbocycles. The van der Waals surface area contributed by atoms with Gasteiger partial charge in [0.25, 0.3) is 0 Å². The van der Waals surface area contributed by atoms with E-state index in [1.165, 1.54) is 64.6 Å². The van der Waals surface area contributed by atoms with Gasteiger partial charge in [0.15, 0.2) is 0 Å². The predicted octanol–water partition coefficient (Wildman–Crippen LogP) is 12.8. The summed E-state index contributed by atoms with van der Waals surface area (Å²) in [6.45, 7) is 30.3. The summed E-state index contributed by atoms with van der Waals surface area (Å²) >= 11 is 0. The van der Waals surface area contributed by atoms with E-state index in [0.717, 1.165) is 11.1 Å². The van der Waals surface area contributed by atoms with Crippen LogP contribution in [0.3, 0.4) is 0 Å². The standard InChI is InChI=1S/C17H13Si.2C14H22O.2C13H9.C7H9Si.ClH.2Zr/c1-3-8-14(9-4-1)18(15-10-5-2-6-11-15)16-12-7-13-17(16)18;2*1-13(2,3)10-7-8-12(15)11(9-10)14(4,5)6;2*1-3-7-12-10(5-1)9-11-6-2-4-8-13(11)12;1-8(2)6-4-3-5-7(6)8;;;/h1-13H;2*7-9,15H,1-6H3;2*1-9H;3-5H,1-2H3;1H;;/q-1;;;3*-1;;2*+2/p-3. The Morgan fingerprint density at radius 3 is 0.906 bits per heavy atom. The molecule has 2 heterocycles. The zero-order valence-electron chi connectivity index (χ0n) is 52.3. The van der Waals surface area contributed by atoms with Gasteiger partial charge in [0.1, 0.15) is 0 Å². The molecule has 0 radical (unpaired) electrons. The Bertz CT molecular complexity index is 3730. The van der Waals surface area contributed by atoms with Crippen molar-refractivity contribution in [1.82, 2.24) is 0 Å². The van der Waals surface area contributed by atoms with Gasteiger partial charge in [-0.3, -0.25) is 0 Å². The molecule has 0 saturated carbocycles. The second kappa shape index (κ2) is 27.6. The molecule has 85 heavy (non-hydrogen) atoms. The van der Waals surface area contributed by atoms with Crippen molar-refractivity contribution in [2.24, 2.45) is 0 Å². The molecule has 0 unspecified atom stereocenters. The van der Waals surface area contributed by atoms with Crippen LogP contribution in [0.4, 0.5) is 0 Å². The molecule has 12 aromatic carbocycles. The van der Waals surface area contributed by atoms with Crippen molar-refractivity contribution < 1.29 is 75.0 Å². The minimum atomic E-state index is -1.66. The molecule has 0 atom stereocenters. The summed E-state index contributed by atoms with van der Waals surface area (Å²) < 4.78 is 0. The Morgan fingerprint density at radius 2 is 0.647 bits per heavy atom. The number of hydrogen-bond donors (Lipinski definition) is 0. The number of rotatable bonds is 2. The molecule has 0 aromatic heterocycles. The molecule has 0 spiro atoms. The topological polar surface area (TPSA) is 46.1 Å². The van der Waals surface area contributed by atoms with Gasteiger partial charge in [-0.25, -0.2) is 24.3 Å². The van der Waals surface area contributed by atoms with Crippen LogP contribution in [0, 0.1) is 0 Å². The fourth-order valence-corrected chi connectivity index (χ4v) is 19.3. The van der Waals surface area contributed by atoms with E-state index in [2.05, 4.69) is 315 Å². The van der Waals surface area contributed by atoms with Crippen LogP contribution >= 0.6 is 0 Å². The SMILES string of the molecule is CC(C)(C)c1ccc([O-])c(C(C)(C)C)c1.CC(C)(C)c1ccc([O-])c(C(C)(C)C)c1.C[Si]1(C)c2ccc[c-]21.[Cl-].[Zr+2].[Zr+2].c1ccc([Si]2(c3ccccc3)c3ccc[c-]32)cc1.c1ccc2c(c1)[cH-]c1ccccc12.c1ccc2c(c1)[cH-]c1ccccc12. The van der Waals surface area contributed by atoms with E-state index in [1.54, 1.807) is 32.9 Å². The maximum Gasteiger partial charge on any atom is 2.00 e. The second-order valence-corrected chi connectivity index (χ2v) is 34.9. The van der Waals surface area contributed by atoms with Crippen LogP contribution < -0.4 is 53.7 Å². The van der Waals surface area contributed by atoms with Gasteiger partial charge in [-0.15, -0.1) is 96.2 Å². The Balaban J connectivity index is 0.000000164. The fourth-order valence-electron chi connectivity index (χ4n) is 11.5. The zero-order valence-corrected chi connectivity index (χ0v) is 60.0. The predicted molar refractivity (Wildman–Crippen MR) is 359 cm³/mol. The summed E-state index contributed by atoms with van der Waals surface area (Å²) in [6.07, 6.45) is 0. The smallest absolute Gasteiger partial charge is 1.00 e. The Kier molecular flexibility index (Phi) is 22.2. The average molecular weight is 1330 g/mol. The summed E-state index contributed by atoms with van der Waals surface area (Å²) in [5, 5.41) is 43.9. The molecule has 2 nitrogen and oxygen atoms in total. The van der Waals surface area contributed by atoms with Crippen LogP contribution in [0.2, 0.25) is 13.1 Å². The van der Waals surface area contributed by atoms with E-state index >= 15 is 0 Å². The van der Waals surface area contributed by atoms with Gasteiger partial charge < -0.3 is 22.6 Å². The van der Waals surface area contributed by atoms with Gasteiger partial charge in [0.05, 0.1) is 8.07 Å². The molecule has 12 aromatic rings. The third-order valence-corrected chi connectivity index (χ3v) is 24.4. The van der Waals surface area contributed by atoms with Gasteiger partial charge >= 0.3 is 52.4 Å². The van der Waals surface area contributed by atoms with Crippen molar-refractivity contribution in [1.29, 1.82) is 0 Å². The first-order valence-electron chi connectivity index (χ1n) is 29.2. The van der Waals surface area contributed by atoms with E-state index in [0.29, 0.717) is 0 Å². The molecule has 14 rings (SSSR count). The van der Waals surface area contributed by atoms with E-state index in [-0.39, 0.29) is 98.0 Å². The Morgan fingerprint density at radius 1 is 0.341 bits per heavy atom. The van der Waals surface area contributed by atoms with E-state index in [1.807, 2.05) is 12.1 Å². The molecular formula is C78H82ClO2Si2Zr2-3. The first kappa shape index (κ1) is 68.4. The number of halogens is 1. The minimum Gasteiger partial charge on any atom is -1.00 e. The molecule has 7 heteroatoms. The molecule has 0 N–H and O–H groups in total. The normalized spacial score (nSPS) is 13.1. The number of hydrogen-bond acceptors (Lipinski definition) is 2. The third-order valence-electron chi connectivity index (χ3n) is 16.4. The average Bonchev–Trinajstić information content (AvgIpc) is 1.61. The van der Waals surface area contributed by atoms with Crippen LogP contribution in [0.1, 0.15) is 105 Å². The second-order valence-electron chi connectivity index (χ2n) is 26.9. The molecule has 432 valence electrons. The molecule has 0 saturated heterocycles. The maximum absolute atomic E-state index is 11.7. The van der Waals surface area contributed by atoms with Gasteiger partial charge in [-0.2, -0.15) is 27.7 Å². The van der Waals surface area contributed by atoms with Crippen molar-refractivity contribution in [2.75, 3.05) is 0 Å². The quantitative estimate of drug-likeness (QED) is 0.128. The van der Waals surface area contributed by atoms with Crippen LogP contribution in [-0.4, -0.2) is 16.1 Å². The van der Waals surface area contributed by atoms with Gasteiger partial charge in [-0.1, -0.05) is 288 Å². The first-order chi connectivity index (χ1) is 38.8. The molecule has 0 bridgehead atoms. The molecule has 2 aliphatic heterocycles. The first-order valence-corrected chi connectivity index (χ1v) is 34.2. The van der Waals surface area contributed by atoms with Crippen LogP contribution in [0.5, 0.6) is 11.5 Å². The zero-order chi connectivity index (χ0) is 58.8. The van der Waals surface area contributed by atoms with Crippen molar-refractivity contribution in [3.63, 3.8) is 0 Å². The van der Waals surface area contributed by atoms with Gasteiger partial charge in [-0.05, 0) is 32.8 Å². The Labute approximate surface area is 554 Å². The monoisotopic (exact) mass is 1320 g/mol. The van der Waals surface area contributed by atoms with E-state index in [9.17, 15) is 10.2 Å². The van der Waals surface area contributed by atoms with E-state index in [4.69, 9.17) is 0 Å². The third kappa shape index (κ3) is 15.4. The van der Waals surface area contributed by atoms with Gasteiger partial charge in [0.2, 0.25) is 0 Å². The summed E-state index contributed by atoms with van der Waals surface area (Å²) in [7, 11) is -2.48. The summed E-state index contributed by atoms with van der Waals surface area (Å²) in [5.41, 5.74) is 4.35. The van der Waals surface area contributed by atoms with Crippen molar-refractivity contribution in [2.45, 2.75) is 118 Å². The molecular weight excluding hydrogens is 1240 g/mol. The summed E-state index contributed by atoms with van der Waals surface area (Å²) in [4.78, 5) is 0. The largest absolute Gasteiger partial charge is 2.00 e. The van der Waals surface area contributed by atoms with Crippen LogP contribution in [0.15, 0.2) is 243 Å². The molecule has 0 fully saturated rings. The maximum atomic E-state index is 11.7. The van der Waals surface area contributed by atoms with Crippen molar-refractivity contribution in [3.8, 4) is 11.5 Å². The van der Waals surface area contributed by atoms with Crippen molar-refractivity contribution in [3.05, 3.63) is 265 Å². The summed E-state index contributed by atoms with van der Waals surface area (Å²) in [6, 6.07) is 85.4. The fraction of sp³-hybridized carbons (Fsp3) is 0.231. The Hall–Kier alpha value is -5.71. The minimum absolute atomic E-state index is 0. The van der Waals surface area contributed by atoms with Gasteiger partial charge in [0, 0.05) is 8.07 Å². The van der Waals surface area contributed by atoms with E-state index < -0.39 is 16.1 Å². The van der Waals surface area contributed by atoms with Crippen LogP contribution in [0.25, 0.3) is 43.1 Å². The molecule has 2 aliphatic rings.